The molecule has 3 atom stereocenters. The molecule has 0 aromatic carbocycles. The van der Waals surface area contributed by atoms with Crippen LogP contribution < -0.4 is 0 Å². The van der Waals surface area contributed by atoms with E-state index in [0.29, 0.717) is 11.8 Å². The molecular formula is C15H26O. The number of hydrogen-bond donors (Lipinski definition) is 0. The Morgan fingerprint density at radius 3 is 1.88 bits per heavy atom. The highest BCUT2D eigenvalue weighted by Crippen LogP contribution is 2.09. The van der Waals surface area contributed by atoms with E-state index in [1.54, 1.807) is 0 Å². The second-order valence-corrected chi connectivity index (χ2v) is 4.80. The minimum absolute atomic E-state index is 0.152. The topological polar surface area (TPSA) is 17.1 Å². The van der Waals surface area contributed by atoms with Gasteiger partial charge in [-0.1, -0.05) is 58.4 Å². The van der Waals surface area contributed by atoms with Crippen LogP contribution >= 0.6 is 0 Å². The van der Waals surface area contributed by atoms with Gasteiger partial charge < -0.3 is 4.79 Å². The van der Waals surface area contributed by atoms with Gasteiger partial charge in [0.05, 0.1) is 0 Å². The van der Waals surface area contributed by atoms with Crippen molar-refractivity contribution in [2.75, 3.05) is 0 Å². The molecule has 3 unspecified atom stereocenters. The highest BCUT2D eigenvalue weighted by Gasteiger charge is 1.97. The number of allylic oxidation sites excluding steroid dienone is 4. The quantitative estimate of drug-likeness (QED) is 0.439. The summed E-state index contributed by atoms with van der Waals surface area (Å²) < 4.78 is 0. The third-order valence-electron chi connectivity index (χ3n) is 2.82. The first-order valence-corrected chi connectivity index (χ1v) is 6.38. The molecule has 0 aliphatic rings. The van der Waals surface area contributed by atoms with E-state index in [1.165, 1.54) is 6.42 Å². The van der Waals surface area contributed by atoms with E-state index in [-0.39, 0.29) is 5.92 Å². The summed E-state index contributed by atoms with van der Waals surface area (Å²) in [6, 6.07) is 0. The van der Waals surface area contributed by atoms with Crippen molar-refractivity contribution in [3.8, 4) is 0 Å². The van der Waals surface area contributed by atoms with Crippen molar-refractivity contribution < 1.29 is 4.79 Å². The standard InChI is InChI=1S/C15H26O/c1-5-13(2)8-6-9-14(3)10-7-11-15(4)12-16/h6-8,10,12-15H,5,9,11H2,1-4H3. The van der Waals surface area contributed by atoms with E-state index in [0.717, 1.165) is 19.1 Å². The normalized spacial score (nSPS) is 17.8. The lowest BCUT2D eigenvalue weighted by Crippen LogP contribution is -1.93. The first-order valence-electron chi connectivity index (χ1n) is 6.38. The van der Waals surface area contributed by atoms with Crippen LogP contribution in [0.5, 0.6) is 0 Å². The minimum Gasteiger partial charge on any atom is -0.303 e. The van der Waals surface area contributed by atoms with Crippen LogP contribution in [0.2, 0.25) is 0 Å². The van der Waals surface area contributed by atoms with Crippen molar-refractivity contribution in [1.29, 1.82) is 0 Å². The molecule has 0 aliphatic heterocycles. The van der Waals surface area contributed by atoms with Gasteiger partial charge in [0, 0.05) is 5.92 Å². The van der Waals surface area contributed by atoms with E-state index in [4.69, 9.17) is 0 Å². The lowest BCUT2D eigenvalue weighted by molar-refractivity contribution is -0.110. The maximum Gasteiger partial charge on any atom is 0.123 e. The highest BCUT2D eigenvalue weighted by atomic mass is 16.1. The van der Waals surface area contributed by atoms with Gasteiger partial charge in [0.2, 0.25) is 0 Å². The number of hydrogen-bond acceptors (Lipinski definition) is 1. The summed E-state index contributed by atoms with van der Waals surface area (Å²) in [7, 11) is 0. The van der Waals surface area contributed by atoms with Crippen LogP contribution in [0, 0.1) is 17.8 Å². The summed E-state index contributed by atoms with van der Waals surface area (Å²) in [5.41, 5.74) is 0. The Hall–Kier alpha value is -0.850. The van der Waals surface area contributed by atoms with Gasteiger partial charge in [-0.2, -0.15) is 0 Å². The average molecular weight is 222 g/mol. The maximum absolute atomic E-state index is 10.4. The van der Waals surface area contributed by atoms with Crippen molar-refractivity contribution in [2.45, 2.75) is 47.0 Å². The highest BCUT2D eigenvalue weighted by molar-refractivity contribution is 5.52. The Labute approximate surface area is 101 Å². The van der Waals surface area contributed by atoms with Crippen molar-refractivity contribution in [2.24, 2.45) is 17.8 Å². The molecule has 1 heteroatoms. The van der Waals surface area contributed by atoms with Crippen LogP contribution in [0.15, 0.2) is 24.3 Å². The van der Waals surface area contributed by atoms with E-state index in [2.05, 4.69) is 45.1 Å². The van der Waals surface area contributed by atoms with Crippen molar-refractivity contribution in [1.82, 2.24) is 0 Å². The van der Waals surface area contributed by atoms with Gasteiger partial charge in [-0.3, -0.25) is 0 Å². The van der Waals surface area contributed by atoms with Gasteiger partial charge in [0.15, 0.2) is 0 Å². The fourth-order valence-electron chi connectivity index (χ4n) is 1.32. The van der Waals surface area contributed by atoms with Gasteiger partial charge in [0.25, 0.3) is 0 Å². The number of carbonyl (C=O) groups excluding carboxylic acids is 1. The van der Waals surface area contributed by atoms with Crippen LogP contribution in [-0.4, -0.2) is 6.29 Å². The van der Waals surface area contributed by atoms with E-state index >= 15 is 0 Å². The third kappa shape index (κ3) is 8.46. The Kier molecular flexibility index (Phi) is 8.88. The van der Waals surface area contributed by atoms with Gasteiger partial charge in [-0.25, -0.2) is 0 Å². The Balaban J connectivity index is 3.77. The second-order valence-electron chi connectivity index (χ2n) is 4.80. The number of aldehydes is 1. The zero-order valence-corrected chi connectivity index (χ0v) is 11.1. The predicted octanol–water partition coefficient (Wildman–Crippen LogP) is 4.40. The van der Waals surface area contributed by atoms with Crippen molar-refractivity contribution in [3.63, 3.8) is 0 Å². The smallest absolute Gasteiger partial charge is 0.123 e. The zero-order valence-electron chi connectivity index (χ0n) is 11.1. The van der Waals surface area contributed by atoms with E-state index in [9.17, 15) is 4.79 Å². The monoisotopic (exact) mass is 222 g/mol. The molecule has 0 bridgehead atoms. The maximum atomic E-state index is 10.4. The molecular weight excluding hydrogens is 196 g/mol. The molecule has 0 aliphatic carbocycles. The molecule has 0 fully saturated rings. The molecule has 0 saturated heterocycles. The lowest BCUT2D eigenvalue weighted by atomic mass is 10.0. The van der Waals surface area contributed by atoms with Gasteiger partial charge in [-0.15, -0.1) is 0 Å². The molecule has 0 spiro atoms. The molecule has 0 rings (SSSR count). The van der Waals surface area contributed by atoms with Crippen molar-refractivity contribution in [3.05, 3.63) is 24.3 Å². The molecule has 0 aromatic heterocycles. The summed E-state index contributed by atoms with van der Waals surface area (Å²) in [6.07, 6.45) is 13.1. The fraction of sp³-hybridized carbons (Fsp3) is 0.667. The van der Waals surface area contributed by atoms with Crippen LogP contribution in [0.3, 0.4) is 0 Å². The molecule has 0 aromatic rings. The zero-order chi connectivity index (χ0) is 12.4. The molecule has 1 nitrogen and oxygen atoms in total. The predicted molar refractivity (Wildman–Crippen MR) is 71.4 cm³/mol. The SMILES string of the molecule is CCC(C)C=CCC(C)C=CCC(C)C=O. The Bertz CT molecular complexity index is 228. The minimum atomic E-state index is 0.152. The Morgan fingerprint density at radius 1 is 0.875 bits per heavy atom. The molecule has 0 radical (unpaired) electrons. The van der Waals surface area contributed by atoms with Crippen LogP contribution in [0.25, 0.3) is 0 Å². The number of rotatable bonds is 8. The summed E-state index contributed by atoms with van der Waals surface area (Å²) in [5, 5.41) is 0. The largest absolute Gasteiger partial charge is 0.303 e. The molecule has 0 amide bonds. The average Bonchev–Trinajstić information content (AvgIpc) is 2.28. The van der Waals surface area contributed by atoms with Gasteiger partial charge in [0.1, 0.15) is 6.29 Å². The second kappa shape index (κ2) is 9.38. The molecule has 16 heavy (non-hydrogen) atoms. The molecule has 0 saturated carbocycles. The summed E-state index contributed by atoms with van der Waals surface area (Å²) in [4.78, 5) is 10.4. The summed E-state index contributed by atoms with van der Waals surface area (Å²) in [5.74, 6) is 1.41. The first kappa shape index (κ1) is 15.2. The molecule has 0 heterocycles. The van der Waals surface area contributed by atoms with Crippen LogP contribution in [0.4, 0.5) is 0 Å². The lowest BCUT2D eigenvalue weighted by Gasteiger charge is -2.04. The molecule has 92 valence electrons. The summed E-state index contributed by atoms with van der Waals surface area (Å²) in [6.45, 7) is 8.61. The number of carbonyl (C=O) groups is 1. The Morgan fingerprint density at radius 2 is 1.38 bits per heavy atom. The van der Waals surface area contributed by atoms with Crippen molar-refractivity contribution >= 4 is 6.29 Å². The van der Waals surface area contributed by atoms with E-state index in [1.807, 2.05) is 6.92 Å². The van der Waals surface area contributed by atoms with E-state index < -0.39 is 0 Å². The fourth-order valence-corrected chi connectivity index (χ4v) is 1.32. The molecule has 0 N–H and O–H groups in total. The van der Waals surface area contributed by atoms with Gasteiger partial charge >= 0.3 is 0 Å². The van der Waals surface area contributed by atoms with Gasteiger partial charge in [-0.05, 0) is 24.7 Å². The summed E-state index contributed by atoms with van der Waals surface area (Å²) >= 11 is 0. The first-order chi connectivity index (χ1) is 7.60. The third-order valence-corrected chi connectivity index (χ3v) is 2.82. The van der Waals surface area contributed by atoms with Crippen LogP contribution in [-0.2, 0) is 4.79 Å². The van der Waals surface area contributed by atoms with Crippen LogP contribution in [0.1, 0.15) is 47.0 Å².